The molecule has 200 valence electrons. The molecule has 0 bridgehead atoms. The minimum atomic E-state index is -4.78. The molecule has 0 radical (unpaired) electrons. The lowest BCUT2D eigenvalue weighted by atomic mass is 10.1. The first kappa shape index (κ1) is 26.6. The summed E-state index contributed by atoms with van der Waals surface area (Å²) in [6.45, 7) is -0.0741. The molecule has 0 aliphatic carbocycles. The van der Waals surface area contributed by atoms with Gasteiger partial charge in [0.1, 0.15) is 39.3 Å². The number of nitrogens with one attached hydrogen (secondary N) is 1. The van der Waals surface area contributed by atoms with Gasteiger partial charge in [-0.15, -0.1) is 11.3 Å². The Morgan fingerprint density at radius 1 is 1.13 bits per heavy atom. The molecular formula is C25H14Cl2F3N3O5S. The van der Waals surface area contributed by atoms with Crippen LogP contribution in [-0.2, 0) is 12.8 Å². The van der Waals surface area contributed by atoms with Gasteiger partial charge < -0.3 is 24.6 Å². The number of primary amides is 1. The summed E-state index contributed by atoms with van der Waals surface area (Å²) in [5.41, 5.74) is 4.13. The number of rotatable bonds is 7. The van der Waals surface area contributed by atoms with E-state index in [1.165, 1.54) is 36.6 Å². The van der Waals surface area contributed by atoms with Gasteiger partial charge in [0.15, 0.2) is 5.76 Å². The first-order chi connectivity index (χ1) is 18.5. The van der Waals surface area contributed by atoms with E-state index in [1.54, 1.807) is 12.1 Å². The monoisotopic (exact) mass is 595 g/mol. The van der Waals surface area contributed by atoms with Gasteiger partial charge in [0.2, 0.25) is 0 Å². The Labute approximate surface area is 231 Å². The third-order valence-electron chi connectivity index (χ3n) is 5.35. The Balaban J connectivity index is 1.48. The van der Waals surface area contributed by atoms with Crippen molar-refractivity contribution < 1.29 is 36.3 Å². The van der Waals surface area contributed by atoms with Gasteiger partial charge in [-0.05, 0) is 48.5 Å². The number of nitrogens with two attached hydrogens (primary N) is 1. The molecule has 3 N–H and O–H groups in total. The first-order valence-electron chi connectivity index (χ1n) is 10.9. The standard InChI is InChI=1S/C25H14Cl2F3N3O5S/c26-11-3-5-16(14(27)8-11)37-10-12-4-6-17(38-12)23(35)33-20-19-13(15-2-1-7-36-15)9-18(25(28,29)30)32-24(19)39-21(20)22(31)34/h1-9H,10H2,(H2,31,34)(H,33,35). The summed E-state index contributed by atoms with van der Waals surface area (Å²) in [6.07, 6.45) is -3.50. The van der Waals surface area contributed by atoms with Crippen molar-refractivity contribution in [2.75, 3.05) is 5.32 Å². The number of nitrogens with zero attached hydrogens (tertiary/aromatic N) is 1. The Morgan fingerprint density at radius 2 is 1.92 bits per heavy atom. The highest BCUT2D eigenvalue weighted by Gasteiger charge is 2.35. The van der Waals surface area contributed by atoms with Gasteiger partial charge in [-0.3, -0.25) is 9.59 Å². The number of carbonyl (C=O) groups is 2. The summed E-state index contributed by atoms with van der Waals surface area (Å²) < 4.78 is 57.2. The fourth-order valence-corrected chi connectivity index (χ4v) is 5.13. The normalized spacial score (nSPS) is 11.6. The zero-order valence-electron chi connectivity index (χ0n) is 19.3. The Morgan fingerprint density at radius 3 is 2.59 bits per heavy atom. The third-order valence-corrected chi connectivity index (χ3v) is 6.98. The number of aromatic nitrogens is 1. The number of thiophene rings is 1. The number of halogens is 5. The van der Waals surface area contributed by atoms with Crippen LogP contribution in [0.25, 0.3) is 21.5 Å². The molecule has 5 aromatic rings. The number of carbonyl (C=O) groups excluding carboxylic acids is 2. The maximum Gasteiger partial charge on any atom is 0.433 e. The molecule has 39 heavy (non-hydrogen) atoms. The summed E-state index contributed by atoms with van der Waals surface area (Å²) in [4.78, 5) is 28.6. The topological polar surface area (TPSA) is 121 Å². The fourth-order valence-electron chi connectivity index (χ4n) is 3.66. The molecule has 8 nitrogen and oxygen atoms in total. The van der Waals surface area contributed by atoms with E-state index >= 15 is 0 Å². The van der Waals surface area contributed by atoms with Crippen LogP contribution in [0.1, 0.15) is 31.7 Å². The van der Waals surface area contributed by atoms with E-state index in [0.29, 0.717) is 22.1 Å². The molecule has 14 heteroatoms. The first-order valence-corrected chi connectivity index (χ1v) is 12.4. The molecule has 0 saturated heterocycles. The van der Waals surface area contributed by atoms with Gasteiger partial charge in [0.25, 0.3) is 11.8 Å². The molecule has 2 amide bonds. The molecule has 0 aliphatic rings. The average Bonchev–Trinajstić information content (AvgIpc) is 3.63. The van der Waals surface area contributed by atoms with Gasteiger partial charge in [-0.25, -0.2) is 4.98 Å². The van der Waals surface area contributed by atoms with Crippen LogP contribution in [0, 0.1) is 0 Å². The van der Waals surface area contributed by atoms with E-state index in [4.69, 9.17) is 42.5 Å². The highest BCUT2D eigenvalue weighted by molar-refractivity contribution is 7.21. The molecule has 5 rings (SSSR count). The van der Waals surface area contributed by atoms with E-state index in [2.05, 4.69) is 10.3 Å². The molecule has 4 heterocycles. The number of alkyl halides is 3. The third kappa shape index (κ3) is 5.44. The van der Waals surface area contributed by atoms with E-state index in [9.17, 15) is 22.8 Å². The van der Waals surface area contributed by atoms with Crippen LogP contribution in [0.4, 0.5) is 18.9 Å². The van der Waals surface area contributed by atoms with Crippen molar-refractivity contribution in [3.63, 3.8) is 0 Å². The predicted octanol–water partition coefficient (Wildman–Crippen LogP) is 7.41. The minimum absolute atomic E-state index is 0.0373. The van der Waals surface area contributed by atoms with Gasteiger partial charge in [-0.1, -0.05) is 23.2 Å². The molecule has 0 atom stereocenters. The lowest BCUT2D eigenvalue weighted by Crippen LogP contribution is -2.16. The number of benzene rings is 1. The van der Waals surface area contributed by atoms with Crippen molar-refractivity contribution in [1.82, 2.24) is 4.98 Å². The molecule has 4 aromatic heterocycles. The molecule has 0 aliphatic heterocycles. The number of amides is 2. The Bertz CT molecular complexity index is 1710. The van der Waals surface area contributed by atoms with Crippen molar-refractivity contribution in [3.8, 4) is 17.1 Å². The van der Waals surface area contributed by atoms with E-state index in [-0.39, 0.29) is 55.3 Å². The van der Waals surface area contributed by atoms with Crippen molar-refractivity contribution in [3.05, 3.63) is 86.9 Å². The van der Waals surface area contributed by atoms with Crippen LogP contribution >= 0.6 is 34.5 Å². The highest BCUT2D eigenvalue weighted by atomic mass is 35.5. The summed E-state index contributed by atoms with van der Waals surface area (Å²) in [5, 5.41) is 3.30. The number of fused-ring (bicyclic) bond motifs is 1. The summed E-state index contributed by atoms with van der Waals surface area (Å²) in [5.74, 6) is -1.25. The summed E-state index contributed by atoms with van der Waals surface area (Å²) in [7, 11) is 0. The number of furan rings is 2. The van der Waals surface area contributed by atoms with Crippen LogP contribution in [0.5, 0.6) is 5.75 Å². The molecule has 0 fully saturated rings. The average molecular weight is 596 g/mol. The number of pyridine rings is 1. The van der Waals surface area contributed by atoms with E-state index < -0.39 is 23.7 Å². The van der Waals surface area contributed by atoms with Crippen LogP contribution in [0.15, 0.2) is 63.6 Å². The van der Waals surface area contributed by atoms with E-state index in [1.807, 2.05) is 0 Å². The van der Waals surface area contributed by atoms with Crippen molar-refractivity contribution in [1.29, 1.82) is 0 Å². The van der Waals surface area contributed by atoms with Gasteiger partial charge in [0, 0.05) is 16.0 Å². The zero-order chi connectivity index (χ0) is 27.9. The van der Waals surface area contributed by atoms with Crippen LogP contribution < -0.4 is 15.8 Å². The number of hydrogen-bond acceptors (Lipinski definition) is 7. The van der Waals surface area contributed by atoms with Crippen molar-refractivity contribution >= 4 is 62.3 Å². The Kier molecular flexibility index (Phi) is 7.02. The zero-order valence-corrected chi connectivity index (χ0v) is 21.6. The molecular weight excluding hydrogens is 582 g/mol. The minimum Gasteiger partial charge on any atom is -0.484 e. The number of ether oxygens (including phenoxy) is 1. The van der Waals surface area contributed by atoms with Gasteiger partial charge in [0.05, 0.1) is 17.0 Å². The largest absolute Gasteiger partial charge is 0.484 e. The van der Waals surface area contributed by atoms with Crippen molar-refractivity contribution in [2.45, 2.75) is 12.8 Å². The second kappa shape index (κ2) is 10.3. The lowest BCUT2D eigenvalue weighted by molar-refractivity contribution is -0.140. The second-order valence-corrected chi connectivity index (χ2v) is 9.81. The van der Waals surface area contributed by atoms with Crippen LogP contribution in [0.2, 0.25) is 10.0 Å². The fraction of sp³-hybridized carbons (Fsp3) is 0.0800. The number of hydrogen-bond donors (Lipinski definition) is 2. The summed E-state index contributed by atoms with van der Waals surface area (Å²) >= 11 is 12.6. The molecule has 1 aromatic carbocycles. The second-order valence-electron chi connectivity index (χ2n) is 7.96. The maximum absolute atomic E-state index is 13.6. The quantitative estimate of drug-likeness (QED) is 0.202. The van der Waals surface area contributed by atoms with Gasteiger partial charge >= 0.3 is 6.18 Å². The lowest BCUT2D eigenvalue weighted by Gasteiger charge is -2.10. The Hall–Kier alpha value is -4.00. The predicted molar refractivity (Wildman–Crippen MR) is 138 cm³/mol. The highest BCUT2D eigenvalue weighted by Crippen LogP contribution is 2.44. The van der Waals surface area contributed by atoms with Gasteiger partial charge in [-0.2, -0.15) is 13.2 Å². The molecule has 0 unspecified atom stereocenters. The molecule has 0 spiro atoms. The SMILES string of the molecule is NC(=O)c1sc2nc(C(F)(F)F)cc(-c3ccco3)c2c1NC(=O)c1ccc(COc2ccc(Cl)cc2Cl)o1. The van der Waals surface area contributed by atoms with Crippen molar-refractivity contribution in [2.24, 2.45) is 5.73 Å². The van der Waals surface area contributed by atoms with Crippen LogP contribution in [0.3, 0.4) is 0 Å². The smallest absolute Gasteiger partial charge is 0.433 e. The van der Waals surface area contributed by atoms with E-state index in [0.717, 1.165) is 6.07 Å². The van der Waals surface area contributed by atoms with Crippen LogP contribution in [-0.4, -0.2) is 16.8 Å². The number of anilines is 1. The molecule has 0 saturated carbocycles. The maximum atomic E-state index is 13.6. The summed E-state index contributed by atoms with van der Waals surface area (Å²) in [6, 6.07) is 11.2.